The zero-order chi connectivity index (χ0) is 21.8. The molecule has 0 aliphatic carbocycles. The molecule has 5 nitrogen and oxygen atoms in total. The summed E-state index contributed by atoms with van der Waals surface area (Å²) in [5.74, 6) is 1.21. The number of aryl methyl sites for hydroxylation is 2. The second kappa shape index (κ2) is 9.49. The van der Waals surface area contributed by atoms with Gasteiger partial charge in [-0.05, 0) is 55.8 Å². The van der Waals surface area contributed by atoms with Crippen molar-refractivity contribution >= 4 is 39.4 Å². The molecule has 0 aliphatic heterocycles. The zero-order valence-corrected chi connectivity index (χ0v) is 19.5. The van der Waals surface area contributed by atoms with Crippen molar-refractivity contribution in [3.05, 3.63) is 80.0 Å². The summed E-state index contributed by atoms with van der Waals surface area (Å²) in [6.07, 6.45) is 3.35. The summed E-state index contributed by atoms with van der Waals surface area (Å²) in [5.41, 5.74) is 3.91. The first kappa shape index (κ1) is 22.1. The van der Waals surface area contributed by atoms with Crippen LogP contribution in [0.2, 0.25) is 5.02 Å². The quantitative estimate of drug-likeness (QED) is 0.305. The minimum absolute atomic E-state index is 0.0756. The molecule has 0 fully saturated rings. The van der Waals surface area contributed by atoms with Crippen LogP contribution in [0.25, 0.3) is 6.08 Å². The van der Waals surface area contributed by atoms with E-state index in [1.54, 1.807) is 36.1 Å². The standard InChI is InChI=1S/C23H22BrClN2O3/c1-14-23(15(2)27(3)26-14)20(28)8-5-16-6-9-21(29-4)17(11-16)13-30-22-10-7-18(24)12-19(22)25/h5-12H,13H2,1-4H3/b8-5+. The summed E-state index contributed by atoms with van der Waals surface area (Å²) < 4.78 is 13.9. The largest absolute Gasteiger partial charge is 0.496 e. The number of carbonyl (C=O) groups is 1. The van der Waals surface area contributed by atoms with Crippen molar-refractivity contribution in [3.63, 3.8) is 0 Å². The van der Waals surface area contributed by atoms with Crippen LogP contribution in [0.4, 0.5) is 0 Å². The molecule has 0 unspecified atom stereocenters. The van der Waals surface area contributed by atoms with Gasteiger partial charge in [-0.1, -0.05) is 39.7 Å². The Hall–Kier alpha value is -2.57. The summed E-state index contributed by atoms with van der Waals surface area (Å²) in [6, 6.07) is 11.1. The number of methoxy groups -OCH3 is 1. The Morgan fingerprint density at radius 2 is 1.93 bits per heavy atom. The molecule has 30 heavy (non-hydrogen) atoms. The predicted molar refractivity (Wildman–Crippen MR) is 123 cm³/mol. The molecule has 0 N–H and O–H groups in total. The van der Waals surface area contributed by atoms with Gasteiger partial charge in [0.05, 0.1) is 23.4 Å². The monoisotopic (exact) mass is 488 g/mol. The van der Waals surface area contributed by atoms with Crippen molar-refractivity contribution in [3.8, 4) is 11.5 Å². The molecule has 0 spiro atoms. The molecule has 0 bridgehead atoms. The molecule has 0 atom stereocenters. The number of benzene rings is 2. The van der Waals surface area contributed by atoms with Gasteiger partial charge >= 0.3 is 0 Å². The number of hydrogen-bond acceptors (Lipinski definition) is 4. The smallest absolute Gasteiger partial charge is 0.189 e. The van der Waals surface area contributed by atoms with Crippen LogP contribution in [0, 0.1) is 13.8 Å². The van der Waals surface area contributed by atoms with Crippen LogP contribution in [0.3, 0.4) is 0 Å². The summed E-state index contributed by atoms with van der Waals surface area (Å²) in [5, 5.41) is 4.82. The molecule has 2 aromatic carbocycles. The fraction of sp³-hybridized carbons (Fsp3) is 0.217. The van der Waals surface area contributed by atoms with E-state index in [1.807, 2.05) is 45.2 Å². The van der Waals surface area contributed by atoms with Crippen molar-refractivity contribution in [1.29, 1.82) is 0 Å². The normalized spacial score (nSPS) is 11.1. The van der Waals surface area contributed by atoms with Crippen molar-refractivity contribution in [1.82, 2.24) is 9.78 Å². The van der Waals surface area contributed by atoms with Gasteiger partial charge < -0.3 is 9.47 Å². The molecule has 0 saturated heterocycles. The number of ketones is 1. The van der Waals surface area contributed by atoms with E-state index in [9.17, 15) is 4.79 Å². The topological polar surface area (TPSA) is 53.3 Å². The van der Waals surface area contributed by atoms with Gasteiger partial charge in [-0.25, -0.2) is 0 Å². The average Bonchev–Trinajstić information content (AvgIpc) is 2.97. The lowest BCUT2D eigenvalue weighted by Crippen LogP contribution is -2.01. The number of halogens is 2. The lowest BCUT2D eigenvalue weighted by atomic mass is 10.1. The summed E-state index contributed by atoms with van der Waals surface area (Å²) in [7, 11) is 3.44. The van der Waals surface area contributed by atoms with E-state index in [4.69, 9.17) is 21.1 Å². The van der Waals surface area contributed by atoms with Gasteiger partial charge in [0, 0.05) is 22.8 Å². The Labute approximate surface area is 189 Å². The Kier molecular flexibility index (Phi) is 7.00. The van der Waals surface area contributed by atoms with E-state index >= 15 is 0 Å². The molecule has 1 heterocycles. The fourth-order valence-electron chi connectivity index (χ4n) is 3.15. The molecule has 0 aliphatic rings. The maximum absolute atomic E-state index is 12.6. The van der Waals surface area contributed by atoms with Crippen molar-refractivity contribution < 1.29 is 14.3 Å². The maximum Gasteiger partial charge on any atom is 0.189 e. The maximum atomic E-state index is 12.6. The number of ether oxygens (including phenoxy) is 2. The van der Waals surface area contributed by atoms with E-state index in [2.05, 4.69) is 21.0 Å². The second-order valence-electron chi connectivity index (χ2n) is 6.80. The molecular formula is C23H22BrClN2O3. The SMILES string of the molecule is COc1ccc(/C=C/C(=O)c2c(C)nn(C)c2C)cc1COc1ccc(Br)cc1Cl. The predicted octanol–water partition coefficient (Wildman–Crippen LogP) is 5.94. The van der Waals surface area contributed by atoms with Crippen LogP contribution in [-0.2, 0) is 13.7 Å². The second-order valence-corrected chi connectivity index (χ2v) is 8.12. The van der Waals surface area contributed by atoms with Crippen LogP contribution in [0.1, 0.15) is 32.9 Å². The Balaban J connectivity index is 1.79. The molecule has 1 aromatic heterocycles. The van der Waals surface area contributed by atoms with E-state index < -0.39 is 0 Å². The van der Waals surface area contributed by atoms with Gasteiger partial charge in [0.2, 0.25) is 0 Å². The minimum atomic E-state index is -0.0756. The number of allylic oxidation sites excluding steroid dienone is 1. The highest BCUT2D eigenvalue weighted by molar-refractivity contribution is 9.10. The Morgan fingerprint density at radius 3 is 2.57 bits per heavy atom. The fourth-order valence-corrected chi connectivity index (χ4v) is 3.88. The van der Waals surface area contributed by atoms with Gasteiger partial charge in [0.1, 0.15) is 18.1 Å². The first-order valence-electron chi connectivity index (χ1n) is 9.27. The van der Waals surface area contributed by atoms with Gasteiger partial charge in [-0.15, -0.1) is 0 Å². The lowest BCUT2D eigenvalue weighted by Gasteiger charge is -2.12. The van der Waals surface area contributed by atoms with Crippen molar-refractivity contribution in [2.75, 3.05) is 7.11 Å². The molecule has 3 rings (SSSR count). The highest BCUT2D eigenvalue weighted by Gasteiger charge is 2.15. The minimum Gasteiger partial charge on any atom is -0.496 e. The number of nitrogens with zero attached hydrogens (tertiary/aromatic N) is 2. The van der Waals surface area contributed by atoms with Gasteiger partial charge in [0.15, 0.2) is 5.78 Å². The molecule has 0 radical (unpaired) electrons. The Morgan fingerprint density at radius 1 is 1.20 bits per heavy atom. The van der Waals surface area contributed by atoms with E-state index in [1.165, 1.54) is 0 Å². The highest BCUT2D eigenvalue weighted by atomic mass is 79.9. The molecule has 156 valence electrons. The number of hydrogen-bond donors (Lipinski definition) is 0. The number of carbonyl (C=O) groups excluding carboxylic acids is 1. The first-order valence-corrected chi connectivity index (χ1v) is 10.4. The molecular weight excluding hydrogens is 468 g/mol. The average molecular weight is 490 g/mol. The summed E-state index contributed by atoms with van der Waals surface area (Å²) in [6.45, 7) is 4.00. The van der Waals surface area contributed by atoms with Crippen LogP contribution in [-0.4, -0.2) is 22.7 Å². The van der Waals surface area contributed by atoms with Crippen LogP contribution in [0.5, 0.6) is 11.5 Å². The van der Waals surface area contributed by atoms with E-state index in [0.29, 0.717) is 22.1 Å². The molecule has 3 aromatic rings. The highest BCUT2D eigenvalue weighted by Crippen LogP contribution is 2.30. The third-order valence-electron chi connectivity index (χ3n) is 4.76. The van der Waals surface area contributed by atoms with Gasteiger partial charge in [0.25, 0.3) is 0 Å². The van der Waals surface area contributed by atoms with Crippen LogP contribution < -0.4 is 9.47 Å². The first-order chi connectivity index (χ1) is 14.3. The van der Waals surface area contributed by atoms with Crippen molar-refractivity contribution in [2.45, 2.75) is 20.5 Å². The lowest BCUT2D eigenvalue weighted by molar-refractivity contribution is 0.104. The third kappa shape index (κ3) is 4.94. The number of rotatable bonds is 7. The van der Waals surface area contributed by atoms with Gasteiger partial charge in [-0.3, -0.25) is 9.48 Å². The van der Waals surface area contributed by atoms with E-state index in [-0.39, 0.29) is 12.4 Å². The molecule has 7 heteroatoms. The number of aromatic nitrogens is 2. The summed E-state index contributed by atoms with van der Waals surface area (Å²) >= 11 is 9.61. The van der Waals surface area contributed by atoms with Gasteiger partial charge in [-0.2, -0.15) is 5.10 Å². The van der Waals surface area contributed by atoms with E-state index in [0.717, 1.165) is 27.0 Å². The molecule has 0 amide bonds. The Bertz CT molecular complexity index is 1120. The van der Waals surface area contributed by atoms with Crippen molar-refractivity contribution in [2.24, 2.45) is 7.05 Å². The third-order valence-corrected chi connectivity index (χ3v) is 5.55. The van der Waals surface area contributed by atoms with Crippen LogP contribution >= 0.6 is 27.5 Å². The zero-order valence-electron chi connectivity index (χ0n) is 17.2. The summed E-state index contributed by atoms with van der Waals surface area (Å²) in [4.78, 5) is 12.6. The van der Waals surface area contributed by atoms with Crippen LogP contribution in [0.15, 0.2) is 46.9 Å². The molecule has 0 saturated carbocycles.